The topological polar surface area (TPSA) is 82.1 Å². The molecule has 1 N–H and O–H groups in total. The highest BCUT2D eigenvalue weighted by atomic mass is 16.7. The van der Waals surface area contributed by atoms with Crippen LogP contribution in [0, 0.1) is 0 Å². The normalized spacial score (nSPS) is 11.9. The van der Waals surface area contributed by atoms with Gasteiger partial charge in [-0.05, 0) is 26.2 Å². The number of unbranched alkanes of at least 4 members (excludes halogenated alkanes) is 2. The average Bonchev–Trinajstić information content (AvgIpc) is 2.31. The van der Waals surface area contributed by atoms with Crippen molar-refractivity contribution < 1.29 is 28.9 Å². The van der Waals surface area contributed by atoms with Gasteiger partial charge in [0.05, 0.1) is 13.2 Å². The molecule has 0 aromatic rings. The van der Waals surface area contributed by atoms with E-state index in [1.807, 2.05) is 0 Å². The van der Waals surface area contributed by atoms with Gasteiger partial charge in [-0.15, -0.1) is 0 Å². The van der Waals surface area contributed by atoms with Crippen LogP contribution in [0.15, 0.2) is 0 Å². The number of hydrogen-bond acceptors (Lipinski definition) is 6. The monoisotopic (exact) mass is 262 g/mol. The number of Topliss-reactive ketones (excluding diaryl/α,β-unsaturated/α-hetero) is 1. The highest BCUT2D eigenvalue weighted by Gasteiger charge is 2.09. The number of hydrogen-bond donors (Lipinski definition) is 1. The summed E-state index contributed by atoms with van der Waals surface area (Å²) in [4.78, 5) is 21.7. The first-order valence-electron chi connectivity index (χ1n) is 6.02. The van der Waals surface area contributed by atoms with Crippen molar-refractivity contribution in [2.75, 3.05) is 26.9 Å². The third-order valence-electron chi connectivity index (χ3n) is 2.15. The van der Waals surface area contributed by atoms with Crippen LogP contribution < -0.4 is 0 Å². The standard InChI is InChI=1S/C12H22O6/c1-10(13)6-4-3-5-7-17-12(15)18-9-11(14)8-16-2/h11,14H,3-9H2,1-2H3. The van der Waals surface area contributed by atoms with Crippen LogP contribution in [0.5, 0.6) is 0 Å². The molecule has 0 radical (unpaired) electrons. The maximum absolute atomic E-state index is 11.0. The minimum absolute atomic E-state index is 0.109. The van der Waals surface area contributed by atoms with Crippen LogP contribution in [0.25, 0.3) is 0 Å². The van der Waals surface area contributed by atoms with E-state index in [9.17, 15) is 14.7 Å². The Labute approximate surface area is 107 Å². The maximum atomic E-state index is 11.0. The van der Waals surface area contributed by atoms with E-state index >= 15 is 0 Å². The third kappa shape index (κ3) is 11.3. The molecule has 6 heteroatoms. The second-order valence-electron chi connectivity index (χ2n) is 4.03. The van der Waals surface area contributed by atoms with Crippen molar-refractivity contribution in [2.24, 2.45) is 0 Å². The van der Waals surface area contributed by atoms with Crippen molar-refractivity contribution in [1.29, 1.82) is 0 Å². The van der Waals surface area contributed by atoms with Crippen LogP contribution in [-0.2, 0) is 19.0 Å². The molecule has 0 spiro atoms. The van der Waals surface area contributed by atoms with E-state index in [0.29, 0.717) is 12.8 Å². The quantitative estimate of drug-likeness (QED) is 0.472. The molecule has 0 fully saturated rings. The molecular formula is C12H22O6. The molecule has 0 aliphatic rings. The number of aliphatic hydroxyl groups excluding tert-OH is 1. The minimum Gasteiger partial charge on any atom is -0.434 e. The molecule has 0 aliphatic carbocycles. The summed E-state index contributed by atoms with van der Waals surface area (Å²) < 4.78 is 14.1. The summed E-state index contributed by atoms with van der Waals surface area (Å²) in [6.45, 7) is 1.78. The fraction of sp³-hybridized carbons (Fsp3) is 0.833. The highest BCUT2D eigenvalue weighted by Crippen LogP contribution is 2.01. The Kier molecular flexibility index (Phi) is 10.3. The molecule has 0 aromatic heterocycles. The number of carbonyl (C=O) groups excluding carboxylic acids is 2. The first-order chi connectivity index (χ1) is 8.56. The predicted octanol–water partition coefficient (Wildman–Crippen LogP) is 1.30. The molecule has 18 heavy (non-hydrogen) atoms. The molecule has 0 saturated carbocycles. The fourth-order valence-corrected chi connectivity index (χ4v) is 1.25. The third-order valence-corrected chi connectivity index (χ3v) is 2.15. The summed E-state index contributed by atoms with van der Waals surface area (Å²) >= 11 is 0. The van der Waals surface area contributed by atoms with Crippen LogP contribution in [-0.4, -0.2) is 50.1 Å². The molecule has 1 atom stereocenters. The van der Waals surface area contributed by atoms with E-state index < -0.39 is 12.3 Å². The zero-order chi connectivity index (χ0) is 13.8. The second-order valence-corrected chi connectivity index (χ2v) is 4.03. The number of methoxy groups -OCH3 is 1. The van der Waals surface area contributed by atoms with Crippen LogP contribution >= 0.6 is 0 Å². The Balaban J connectivity index is 3.34. The van der Waals surface area contributed by atoms with Crippen molar-refractivity contribution in [3.8, 4) is 0 Å². The highest BCUT2D eigenvalue weighted by molar-refractivity contribution is 5.75. The van der Waals surface area contributed by atoms with Gasteiger partial charge in [0.1, 0.15) is 18.5 Å². The molecular weight excluding hydrogens is 240 g/mol. The smallest absolute Gasteiger partial charge is 0.434 e. The SMILES string of the molecule is COCC(O)COC(=O)OCCCCCC(C)=O. The molecule has 0 rings (SSSR count). The summed E-state index contributed by atoms with van der Waals surface area (Å²) in [5.41, 5.74) is 0. The van der Waals surface area contributed by atoms with Crippen molar-refractivity contribution in [2.45, 2.75) is 38.7 Å². The van der Waals surface area contributed by atoms with Crippen molar-refractivity contribution in [3.63, 3.8) is 0 Å². The summed E-state index contributed by atoms with van der Waals surface area (Å²) in [5.74, 6) is 0.169. The van der Waals surface area contributed by atoms with Crippen LogP contribution in [0.3, 0.4) is 0 Å². The lowest BCUT2D eigenvalue weighted by Crippen LogP contribution is -2.23. The van der Waals surface area contributed by atoms with E-state index in [4.69, 9.17) is 4.74 Å². The van der Waals surface area contributed by atoms with Gasteiger partial charge in [-0.3, -0.25) is 0 Å². The van der Waals surface area contributed by atoms with E-state index in [1.165, 1.54) is 7.11 Å². The molecule has 0 heterocycles. The average molecular weight is 262 g/mol. The zero-order valence-electron chi connectivity index (χ0n) is 11.0. The minimum atomic E-state index is -0.835. The predicted molar refractivity (Wildman–Crippen MR) is 64.3 cm³/mol. The van der Waals surface area contributed by atoms with E-state index in [0.717, 1.165) is 12.8 Å². The van der Waals surface area contributed by atoms with Gasteiger partial charge in [0, 0.05) is 13.5 Å². The van der Waals surface area contributed by atoms with Gasteiger partial charge >= 0.3 is 6.16 Å². The number of ether oxygens (including phenoxy) is 3. The van der Waals surface area contributed by atoms with Crippen LogP contribution in [0.2, 0.25) is 0 Å². The van der Waals surface area contributed by atoms with E-state index in [2.05, 4.69) is 9.47 Å². The molecule has 0 aliphatic heterocycles. The van der Waals surface area contributed by atoms with Gasteiger partial charge in [-0.1, -0.05) is 0 Å². The zero-order valence-corrected chi connectivity index (χ0v) is 11.0. The Morgan fingerprint density at radius 1 is 1.11 bits per heavy atom. The van der Waals surface area contributed by atoms with Gasteiger partial charge in [0.2, 0.25) is 0 Å². The largest absolute Gasteiger partial charge is 0.508 e. The van der Waals surface area contributed by atoms with Gasteiger partial charge in [-0.25, -0.2) is 4.79 Å². The Morgan fingerprint density at radius 3 is 2.44 bits per heavy atom. The molecule has 0 saturated heterocycles. The number of rotatable bonds is 10. The molecule has 1 unspecified atom stereocenters. The molecule has 0 bridgehead atoms. The Hall–Kier alpha value is -1.14. The van der Waals surface area contributed by atoms with Gasteiger partial charge in [0.15, 0.2) is 0 Å². The Morgan fingerprint density at radius 2 is 1.83 bits per heavy atom. The van der Waals surface area contributed by atoms with E-state index in [-0.39, 0.29) is 25.6 Å². The molecule has 106 valence electrons. The van der Waals surface area contributed by atoms with Gasteiger partial charge < -0.3 is 24.1 Å². The summed E-state index contributed by atoms with van der Waals surface area (Å²) in [6, 6.07) is 0. The summed E-state index contributed by atoms with van der Waals surface area (Å²) in [6.07, 6.45) is 1.27. The summed E-state index contributed by atoms with van der Waals surface area (Å²) in [5, 5.41) is 9.20. The van der Waals surface area contributed by atoms with E-state index in [1.54, 1.807) is 6.92 Å². The van der Waals surface area contributed by atoms with Crippen molar-refractivity contribution in [1.82, 2.24) is 0 Å². The number of ketones is 1. The number of aliphatic hydroxyl groups is 1. The lowest BCUT2D eigenvalue weighted by molar-refractivity contribution is -0.117. The van der Waals surface area contributed by atoms with Gasteiger partial charge in [-0.2, -0.15) is 0 Å². The first-order valence-corrected chi connectivity index (χ1v) is 6.02. The van der Waals surface area contributed by atoms with Crippen molar-refractivity contribution >= 4 is 11.9 Å². The lowest BCUT2D eigenvalue weighted by atomic mass is 10.1. The van der Waals surface area contributed by atoms with Crippen LogP contribution in [0.1, 0.15) is 32.6 Å². The molecule has 0 aromatic carbocycles. The first kappa shape index (κ1) is 16.9. The maximum Gasteiger partial charge on any atom is 0.508 e. The van der Waals surface area contributed by atoms with Crippen molar-refractivity contribution in [3.05, 3.63) is 0 Å². The fourth-order valence-electron chi connectivity index (χ4n) is 1.25. The van der Waals surface area contributed by atoms with Crippen LogP contribution in [0.4, 0.5) is 4.79 Å². The lowest BCUT2D eigenvalue weighted by Gasteiger charge is -2.10. The molecule has 6 nitrogen and oxygen atoms in total. The second kappa shape index (κ2) is 11.0. The molecule has 0 amide bonds. The number of carbonyl (C=O) groups is 2. The summed E-state index contributed by atoms with van der Waals surface area (Å²) in [7, 11) is 1.45. The van der Waals surface area contributed by atoms with Gasteiger partial charge in [0.25, 0.3) is 0 Å². The Bertz CT molecular complexity index is 241.